The number of hydrogen-bond donors (Lipinski definition) is 0. The zero-order chi connectivity index (χ0) is 23.4. The van der Waals surface area contributed by atoms with E-state index < -0.39 is 11.9 Å². The number of likely N-dealkylation sites (tertiary alicyclic amines) is 1. The molecular weight excluding hydrogens is 420 g/mol. The van der Waals surface area contributed by atoms with Gasteiger partial charge in [0.25, 0.3) is 17.7 Å². The van der Waals surface area contributed by atoms with Gasteiger partial charge in [0.1, 0.15) is 0 Å². The maximum absolute atomic E-state index is 12.8. The van der Waals surface area contributed by atoms with Crippen LogP contribution in [0.3, 0.4) is 0 Å². The van der Waals surface area contributed by atoms with Crippen LogP contribution in [-0.2, 0) is 16.0 Å². The third kappa shape index (κ3) is 4.82. The van der Waals surface area contributed by atoms with E-state index in [9.17, 15) is 19.2 Å². The van der Waals surface area contributed by atoms with Crippen LogP contribution in [0, 0.1) is 0 Å². The topological polar surface area (TPSA) is 84.0 Å². The molecule has 0 aromatic heterocycles. The molecule has 0 saturated carbocycles. The van der Waals surface area contributed by atoms with Gasteiger partial charge in [0, 0.05) is 19.1 Å². The molecule has 1 saturated heterocycles. The predicted molar refractivity (Wildman–Crippen MR) is 122 cm³/mol. The molecule has 172 valence electrons. The van der Waals surface area contributed by atoms with Crippen molar-refractivity contribution in [2.75, 3.05) is 19.7 Å². The Morgan fingerprint density at radius 3 is 2.52 bits per heavy atom. The van der Waals surface area contributed by atoms with Crippen molar-refractivity contribution in [3.8, 4) is 0 Å². The zero-order valence-corrected chi connectivity index (χ0v) is 18.8. The molecule has 2 aromatic rings. The highest BCUT2D eigenvalue weighted by atomic mass is 16.5. The van der Waals surface area contributed by atoms with Crippen LogP contribution in [0.2, 0.25) is 0 Å². The van der Waals surface area contributed by atoms with Crippen LogP contribution < -0.4 is 0 Å². The number of imide groups is 1. The van der Waals surface area contributed by atoms with Gasteiger partial charge >= 0.3 is 5.97 Å². The first-order chi connectivity index (χ1) is 16.0. The second kappa shape index (κ2) is 9.98. The largest absolute Gasteiger partial charge is 0.452 e. The lowest BCUT2D eigenvalue weighted by Crippen LogP contribution is -2.45. The summed E-state index contributed by atoms with van der Waals surface area (Å²) in [5, 5.41) is 0. The zero-order valence-electron chi connectivity index (χ0n) is 18.8. The van der Waals surface area contributed by atoms with Crippen molar-refractivity contribution in [3.63, 3.8) is 0 Å². The molecule has 1 atom stereocenters. The van der Waals surface area contributed by atoms with Crippen LogP contribution >= 0.6 is 0 Å². The van der Waals surface area contributed by atoms with Crippen LogP contribution in [0.5, 0.6) is 0 Å². The minimum atomic E-state index is -0.681. The molecule has 3 amide bonds. The van der Waals surface area contributed by atoms with Crippen molar-refractivity contribution in [1.29, 1.82) is 0 Å². The SMILES string of the molecule is CCC1CCCCN1C(=O)COC(=O)c1ccc2c(c1)C(=O)N(CCc1ccccc1)C2=O. The second-order valence-electron chi connectivity index (χ2n) is 8.48. The third-order valence-electron chi connectivity index (χ3n) is 6.42. The summed E-state index contributed by atoms with van der Waals surface area (Å²) in [5.74, 6) is -1.67. The van der Waals surface area contributed by atoms with Crippen LogP contribution in [0.4, 0.5) is 0 Å². The number of esters is 1. The van der Waals surface area contributed by atoms with Gasteiger partial charge in [-0.1, -0.05) is 37.3 Å². The highest BCUT2D eigenvalue weighted by Gasteiger charge is 2.36. The Balaban J connectivity index is 1.39. The summed E-state index contributed by atoms with van der Waals surface area (Å²) in [5.41, 5.74) is 1.65. The lowest BCUT2D eigenvalue weighted by molar-refractivity contribution is -0.138. The minimum Gasteiger partial charge on any atom is -0.452 e. The number of rotatable bonds is 7. The van der Waals surface area contributed by atoms with E-state index in [0.29, 0.717) is 13.0 Å². The average Bonchev–Trinajstić information content (AvgIpc) is 3.10. The number of carbonyl (C=O) groups excluding carboxylic acids is 4. The number of hydrogen-bond acceptors (Lipinski definition) is 5. The van der Waals surface area contributed by atoms with Gasteiger partial charge in [-0.25, -0.2) is 4.79 Å². The molecule has 0 aliphatic carbocycles. The maximum atomic E-state index is 12.8. The summed E-state index contributed by atoms with van der Waals surface area (Å²) in [6, 6.07) is 14.1. The summed E-state index contributed by atoms with van der Waals surface area (Å²) in [4.78, 5) is 53.7. The van der Waals surface area contributed by atoms with E-state index in [-0.39, 0.29) is 47.7 Å². The molecule has 2 aliphatic rings. The van der Waals surface area contributed by atoms with Crippen molar-refractivity contribution in [3.05, 3.63) is 70.8 Å². The maximum Gasteiger partial charge on any atom is 0.338 e. The first-order valence-corrected chi connectivity index (χ1v) is 11.5. The molecule has 4 rings (SSSR count). The Morgan fingerprint density at radius 2 is 1.76 bits per heavy atom. The summed E-state index contributed by atoms with van der Waals surface area (Å²) < 4.78 is 5.25. The smallest absolute Gasteiger partial charge is 0.338 e. The molecule has 0 bridgehead atoms. The van der Waals surface area contributed by atoms with E-state index in [0.717, 1.165) is 31.2 Å². The Hall–Kier alpha value is -3.48. The Kier molecular flexibility index (Phi) is 6.87. The van der Waals surface area contributed by atoms with E-state index in [4.69, 9.17) is 4.74 Å². The summed E-state index contributed by atoms with van der Waals surface area (Å²) in [6.07, 6.45) is 4.46. The van der Waals surface area contributed by atoms with E-state index in [1.165, 1.54) is 23.1 Å². The van der Waals surface area contributed by atoms with E-state index in [1.807, 2.05) is 37.3 Å². The van der Waals surface area contributed by atoms with Gasteiger partial charge < -0.3 is 9.64 Å². The first-order valence-electron chi connectivity index (χ1n) is 11.5. The summed E-state index contributed by atoms with van der Waals surface area (Å²) in [6.45, 7) is 2.67. The number of carbonyl (C=O) groups is 4. The monoisotopic (exact) mass is 448 g/mol. The van der Waals surface area contributed by atoms with Crippen molar-refractivity contribution >= 4 is 23.7 Å². The highest BCUT2D eigenvalue weighted by molar-refractivity contribution is 6.22. The van der Waals surface area contributed by atoms with E-state index in [2.05, 4.69) is 0 Å². The molecule has 7 heteroatoms. The summed E-state index contributed by atoms with van der Waals surface area (Å²) >= 11 is 0. The molecule has 1 unspecified atom stereocenters. The normalized spacial score (nSPS) is 17.8. The second-order valence-corrected chi connectivity index (χ2v) is 8.48. The lowest BCUT2D eigenvalue weighted by Gasteiger charge is -2.35. The fourth-order valence-corrected chi connectivity index (χ4v) is 4.55. The standard InChI is InChI=1S/C26H28N2O5/c1-2-20-10-6-7-14-27(20)23(29)17-33-26(32)19-11-12-21-22(16-19)25(31)28(24(21)30)15-13-18-8-4-3-5-9-18/h3-5,8-9,11-12,16,20H,2,6-7,10,13-15,17H2,1H3. The van der Waals surface area contributed by atoms with Gasteiger partial charge in [0.15, 0.2) is 6.61 Å². The van der Waals surface area contributed by atoms with Crippen LogP contribution in [-0.4, -0.2) is 59.2 Å². The van der Waals surface area contributed by atoms with E-state index in [1.54, 1.807) is 4.90 Å². The van der Waals surface area contributed by atoms with Crippen LogP contribution in [0.25, 0.3) is 0 Å². The first kappa shape index (κ1) is 22.7. The number of piperidine rings is 1. The fourth-order valence-electron chi connectivity index (χ4n) is 4.55. The van der Waals surface area contributed by atoms with Crippen molar-refractivity contribution in [1.82, 2.24) is 9.80 Å². The number of benzene rings is 2. The molecule has 2 aromatic carbocycles. The van der Waals surface area contributed by atoms with E-state index >= 15 is 0 Å². The molecule has 2 heterocycles. The highest BCUT2D eigenvalue weighted by Crippen LogP contribution is 2.25. The molecule has 0 radical (unpaired) electrons. The molecule has 1 fully saturated rings. The van der Waals surface area contributed by atoms with Gasteiger partial charge in [0.05, 0.1) is 16.7 Å². The molecule has 33 heavy (non-hydrogen) atoms. The molecule has 0 N–H and O–H groups in total. The summed E-state index contributed by atoms with van der Waals surface area (Å²) in [7, 11) is 0. The van der Waals surface area contributed by atoms with Gasteiger partial charge in [-0.3, -0.25) is 19.3 Å². The lowest BCUT2D eigenvalue weighted by atomic mass is 10.00. The van der Waals surface area contributed by atoms with Gasteiger partial charge in [-0.2, -0.15) is 0 Å². The van der Waals surface area contributed by atoms with Crippen molar-refractivity contribution in [2.45, 2.75) is 45.1 Å². The van der Waals surface area contributed by atoms with Crippen molar-refractivity contribution < 1.29 is 23.9 Å². The quantitative estimate of drug-likeness (QED) is 0.478. The Labute approximate surface area is 193 Å². The Morgan fingerprint density at radius 1 is 1.00 bits per heavy atom. The van der Waals surface area contributed by atoms with Gasteiger partial charge in [-0.05, 0) is 55.9 Å². The minimum absolute atomic E-state index is 0.151. The average molecular weight is 449 g/mol. The Bertz CT molecular complexity index is 1070. The van der Waals surface area contributed by atoms with Crippen molar-refractivity contribution in [2.24, 2.45) is 0 Å². The molecule has 0 spiro atoms. The molecule has 7 nitrogen and oxygen atoms in total. The third-order valence-corrected chi connectivity index (χ3v) is 6.42. The van der Waals surface area contributed by atoms with Gasteiger partial charge in [-0.15, -0.1) is 0 Å². The number of amides is 3. The molecule has 2 aliphatic heterocycles. The fraction of sp³-hybridized carbons (Fsp3) is 0.385. The van der Waals surface area contributed by atoms with Crippen LogP contribution in [0.1, 0.15) is 69.2 Å². The number of fused-ring (bicyclic) bond motifs is 1. The molecular formula is C26H28N2O5. The predicted octanol–water partition coefficient (Wildman–Crippen LogP) is 3.47. The number of nitrogens with zero attached hydrogens (tertiary/aromatic N) is 2. The van der Waals surface area contributed by atoms with Gasteiger partial charge in [0.2, 0.25) is 0 Å². The van der Waals surface area contributed by atoms with Crippen LogP contribution in [0.15, 0.2) is 48.5 Å². The number of ether oxygens (including phenoxy) is 1.